The number of furan rings is 1. The molecule has 3 nitrogen and oxygen atoms in total. The molecule has 0 spiro atoms. The van der Waals surface area contributed by atoms with Gasteiger partial charge in [0.25, 0.3) is 0 Å². The maximum absolute atomic E-state index is 12.4. The first-order valence-corrected chi connectivity index (χ1v) is 6.67. The Hall–Kier alpha value is -1.84. The van der Waals surface area contributed by atoms with Crippen molar-refractivity contribution in [3.8, 4) is 0 Å². The molecule has 2 aromatic heterocycles. The number of hydrogen-bond acceptors (Lipinski definition) is 3. The number of carbonyl (C=O) groups is 1. The molecule has 2 heterocycles. The van der Waals surface area contributed by atoms with Crippen LogP contribution in [0.3, 0.4) is 0 Å². The van der Waals surface area contributed by atoms with Gasteiger partial charge >= 0.3 is 0 Å². The van der Waals surface area contributed by atoms with Crippen molar-refractivity contribution in [3.05, 3.63) is 63.6 Å². The van der Waals surface area contributed by atoms with Crippen LogP contribution in [0, 0.1) is 6.92 Å². The molecular formula is C15H9Cl2NO2. The van der Waals surface area contributed by atoms with E-state index >= 15 is 0 Å². The number of halogens is 2. The van der Waals surface area contributed by atoms with Gasteiger partial charge in [-0.3, -0.25) is 4.79 Å². The zero-order valence-electron chi connectivity index (χ0n) is 10.5. The van der Waals surface area contributed by atoms with Crippen LogP contribution in [0.2, 0.25) is 10.0 Å². The molecule has 0 fully saturated rings. The van der Waals surface area contributed by atoms with Crippen LogP contribution in [0.25, 0.3) is 11.0 Å². The topological polar surface area (TPSA) is 43.1 Å². The summed E-state index contributed by atoms with van der Waals surface area (Å²) in [6.07, 6.45) is 1.38. The summed E-state index contributed by atoms with van der Waals surface area (Å²) < 4.78 is 5.62. The average Bonchev–Trinajstić information content (AvgIpc) is 2.83. The Morgan fingerprint density at radius 1 is 1.25 bits per heavy atom. The van der Waals surface area contributed by atoms with E-state index in [0.29, 0.717) is 10.6 Å². The van der Waals surface area contributed by atoms with Crippen LogP contribution in [0.1, 0.15) is 21.8 Å². The largest absolute Gasteiger partial charge is 0.452 e. The highest BCUT2D eigenvalue weighted by Gasteiger charge is 2.19. The molecule has 0 aliphatic carbocycles. The van der Waals surface area contributed by atoms with E-state index in [1.54, 1.807) is 6.07 Å². The summed E-state index contributed by atoms with van der Waals surface area (Å²) >= 11 is 11.8. The number of pyridine rings is 1. The van der Waals surface area contributed by atoms with Gasteiger partial charge in [-0.05, 0) is 24.6 Å². The SMILES string of the molecule is Cc1cccc2cc(C(=O)c3ncc(Cl)cc3Cl)oc12. The molecule has 0 atom stereocenters. The standard InChI is InChI=1S/C15H9Cl2NO2/c1-8-3-2-4-9-5-12(20-15(8)9)14(19)13-11(17)6-10(16)7-18-13/h2-7H,1H3. The van der Waals surface area contributed by atoms with Crippen molar-refractivity contribution < 1.29 is 9.21 Å². The fourth-order valence-corrected chi connectivity index (χ4v) is 2.49. The molecule has 0 aliphatic rings. The number of benzene rings is 1. The lowest BCUT2D eigenvalue weighted by Crippen LogP contribution is -2.03. The van der Waals surface area contributed by atoms with E-state index in [2.05, 4.69) is 4.98 Å². The fourth-order valence-electron chi connectivity index (χ4n) is 2.02. The second kappa shape index (κ2) is 4.93. The van der Waals surface area contributed by atoms with Crippen LogP contribution in [0.15, 0.2) is 40.9 Å². The molecule has 0 bridgehead atoms. The monoisotopic (exact) mass is 305 g/mol. The minimum absolute atomic E-state index is 0.132. The number of ketones is 1. The van der Waals surface area contributed by atoms with Crippen molar-refractivity contribution >= 4 is 40.0 Å². The highest BCUT2D eigenvalue weighted by Crippen LogP contribution is 2.26. The van der Waals surface area contributed by atoms with E-state index in [4.69, 9.17) is 27.6 Å². The zero-order chi connectivity index (χ0) is 14.3. The predicted molar refractivity (Wildman–Crippen MR) is 78.6 cm³/mol. The van der Waals surface area contributed by atoms with Gasteiger partial charge in [-0.1, -0.05) is 41.4 Å². The molecule has 0 saturated carbocycles. The molecule has 0 aliphatic heterocycles. The number of fused-ring (bicyclic) bond motifs is 1. The maximum atomic E-state index is 12.4. The molecule has 0 radical (unpaired) electrons. The molecule has 20 heavy (non-hydrogen) atoms. The van der Waals surface area contributed by atoms with E-state index < -0.39 is 0 Å². The van der Waals surface area contributed by atoms with E-state index in [9.17, 15) is 4.79 Å². The number of nitrogens with zero attached hydrogens (tertiary/aromatic N) is 1. The van der Waals surface area contributed by atoms with Crippen LogP contribution < -0.4 is 0 Å². The van der Waals surface area contributed by atoms with Crippen LogP contribution in [-0.4, -0.2) is 10.8 Å². The summed E-state index contributed by atoms with van der Waals surface area (Å²) in [6.45, 7) is 1.92. The molecule has 100 valence electrons. The first-order chi connectivity index (χ1) is 9.56. The summed E-state index contributed by atoms with van der Waals surface area (Å²) in [5.41, 5.74) is 1.80. The number of aryl methyl sites for hydroxylation is 1. The third-order valence-electron chi connectivity index (χ3n) is 2.99. The van der Waals surface area contributed by atoms with Crippen LogP contribution >= 0.6 is 23.2 Å². The molecule has 0 amide bonds. The number of aromatic nitrogens is 1. The van der Waals surface area contributed by atoms with Crippen molar-refractivity contribution in [1.29, 1.82) is 0 Å². The molecular weight excluding hydrogens is 297 g/mol. The summed E-state index contributed by atoms with van der Waals surface area (Å²) in [4.78, 5) is 16.3. The van der Waals surface area contributed by atoms with Crippen molar-refractivity contribution in [2.75, 3.05) is 0 Å². The first-order valence-electron chi connectivity index (χ1n) is 5.91. The first kappa shape index (κ1) is 13.2. The Kier molecular flexibility index (Phi) is 3.24. The predicted octanol–water partition coefficient (Wildman–Crippen LogP) is 4.67. The smallest absolute Gasteiger partial charge is 0.248 e. The minimum Gasteiger partial charge on any atom is -0.452 e. The average molecular weight is 306 g/mol. The van der Waals surface area contributed by atoms with Crippen LogP contribution in [0.4, 0.5) is 0 Å². The minimum atomic E-state index is -0.359. The lowest BCUT2D eigenvalue weighted by molar-refractivity contribution is 0.101. The van der Waals surface area contributed by atoms with E-state index in [-0.39, 0.29) is 22.3 Å². The van der Waals surface area contributed by atoms with Crippen molar-refractivity contribution in [2.24, 2.45) is 0 Å². The Bertz CT molecular complexity index is 824. The van der Waals surface area contributed by atoms with Crippen LogP contribution in [0.5, 0.6) is 0 Å². The van der Waals surface area contributed by atoms with Gasteiger partial charge in [0.1, 0.15) is 11.3 Å². The molecule has 0 unspecified atom stereocenters. The number of para-hydroxylation sites is 1. The van der Waals surface area contributed by atoms with Gasteiger partial charge in [-0.25, -0.2) is 4.98 Å². The van der Waals surface area contributed by atoms with E-state index in [1.165, 1.54) is 12.3 Å². The Morgan fingerprint density at radius 2 is 2.05 bits per heavy atom. The number of carbonyl (C=O) groups excluding carboxylic acids is 1. The van der Waals surface area contributed by atoms with Gasteiger partial charge in [0.15, 0.2) is 5.76 Å². The normalized spacial score (nSPS) is 10.9. The van der Waals surface area contributed by atoms with Gasteiger partial charge in [0.2, 0.25) is 5.78 Å². The molecule has 5 heteroatoms. The molecule has 1 aromatic carbocycles. The fraction of sp³-hybridized carbons (Fsp3) is 0.0667. The number of hydrogen-bond donors (Lipinski definition) is 0. The highest BCUT2D eigenvalue weighted by molar-refractivity contribution is 6.37. The van der Waals surface area contributed by atoms with Gasteiger partial charge in [-0.15, -0.1) is 0 Å². The Labute approximate surface area is 125 Å². The third kappa shape index (κ3) is 2.19. The van der Waals surface area contributed by atoms with Gasteiger partial charge < -0.3 is 4.42 Å². The lowest BCUT2D eigenvalue weighted by atomic mass is 10.1. The molecule has 3 rings (SSSR count). The summed E-state index contributed by atoms with van der Waals surface area (Å²) in [5.74, 6) is -0.145. The van der Waals surface area contributed by atoms with Gasteiger partial charge in [0.05, 0.1) is 10.0 Å². The van der Waals surface area contributed by atoms with Crippen molar-refractivity contribution in [2.45, 2.75) is 6.92 Å². The van der Waals surface area contributed by atoms with Gasteiger partial charge in [0, 0.05) is 11.6 Å². The summed E-state index contributed by atoms with van der Waals surface area (Å²) in [6, 6.07) is 8.90. The Balaban J connectivity index is 2.10. The van der Waals surface area contributed by atoms with Gasteiger partial charge in [-0.2, -0.15) is 0 Å². The van der Waals surface area contributed by atoms with E-state index in [0.717, 1.165) is 10.9 Å². The highest BCUT2D eigenvalue weighted by atomic mass is 35.5. The quantitative estimate of drug-likeness (QED) is 0.646. The third-order valence-corrected chi connectivity index (χ3v) is 3.48. The molecule has 3 aromatic rings. The van der Waals surface area contributed by atoms with Crippen molar-refractivity contribution in [1.82, 2.24) is 4.98 Å². The van der Waals surface area contributed by atoms with Crippen molar-refractivity contribution in [3.63, 3.8) is 0 Å². The second-order valence-corrected chi connectivity index (χ2v) is 5.26. The molecule has 0 saturated heterocycles. The summed E-state index contributed by atoms with van der Waals surface area (Å²) in [7, 11) is 0. The summed E-state index contributed by atoms with van der Waals surface area (Å²) in [5, 5.41) is 1.46. The lowest BCUT2D eigenvalue weighted by Gasteiger charge is -2.00. The number of rotatable bonds is 2. The van der Waals surface area contributed by atoms with Crippen LogP contribution in [-0.2, 0) is 0 Å². The maximum Gasteiger partial charge on any atom is 0.248 e. The molecule has 0 N–H and O–H groups in total. The second-order valence-electron chi connectivity index (χ2n) is 4.42. The Morgan fingerprint density at radius 3 is 2.75 bits per heavy atom. The van der Waals surface area contributed by atoms with E-state index in [1.807, 2.05) is 25.1 Å². The zero-order valence-corrected chi connectivity index (χ0v) is 12.0.